The van der Waals surface area contributed by atoms with Crippen LogP contribution in [-0.4, -0.2) is 5.91 Å². The van der Waals surface area contributed by atoms with Crippen molar-refractivity contribution in [1.29, 1.82) is 0 Å². The Morgan fingerprint density at radius 2 is 1.92 bits per heavy atom. The van der Waals surface area contributed by atoms with Crippen LogP contribution in [0.5, 0.6) is 0 Å². The van der Waals surface area contributed by atoms with Crippen molar-refractivity contribution in [3.8, 4) is 10.4 Å². The molecule has 3 nitrogen and oxygen atoms in total. The maximum absolute atomic E-state index is 14.2. The van der Waals surface area contributed by atoms with Crippen molar-refractivity contribution in [2.24, 2.45) is 0 Å². The first-order valence-corrected chi connectivity index (χ1v) is 8.52. The number of carbonyl (C=O) groups is 1. The van der Waals surface area contributed by atoms with Gasteiger partial charge in [-0.3, -0.25) is 4.79 Å². The first-order valence-electron chi connectivity index (χ1n) is 7.64. The van der Waals surface area contributed by atoms with Gasteiger partial charge in [-0.2, -0.15) is 0 Å². The number of hydrogen-bond donors (Lipinski definition) is 2. The summed E-state index contributed by atoms with van der Waals surface area (Å²) < 4.78 is 14.2. The fourth-order valence-electron chi connectivity index (χ4n) is 2.95. The molecule has 0 saturated carbocycles. The third-order valence-corrected chi connectivity index (χ3v) is 5.10. The van der Waals surface area contributed by atoms with Crippen molar-refractivity contribution in [2.45, 2.75) is 13.1 Å². The van der Waals surface area contributed by atoms with Crippen molar-refractivity contribution in [3.63, 3.8) is 0 Å². The average Bonchev–Trinajstić information content (AvgIpc) is 3.10. The van der Waals surface area contributed by atoms with E-state index in [9.17, 15) is 9.18 Å². The predicted molar refractivity (Wildman–Crippen MR) is 94.7 cm³/mol. The Morgan fingerprint density at radius 1 is 1.04 bits per heavy atom. The lowest BCUT2D eigenvalue weighted by Gasteiger charge is -2.29. The molecule has 2 N–H and O–H groups in total. The van der Waals surface area contributed by atoms with E-state index in [0.717, 1.165) is 21.7 Å². The molecule has 1 aliphatic rings. The largest absolute Gasteiger partial charge is 0.361 e. The van der Waals surface area contributed by atoms with Gasteiger partial charge in [-0.15, -0.1) is 11.3 Å². The van der Waals surface area contributed by atoms with Crippen LogP contribution in [0.1, 0.15) is 27.7 Å². The highest BCUT2D eigenvalue weighted by Gasteiger charge is 2.26. The van der Waals surface area contributed by atoms with Crippen LogP contribution in [-0.2, 0) is 0 Å². The third kappa shape index (κ3) is 2.47. The summed E-state index contributed by atoms with van der Waals surface area (Å²) in [6.07, 6.45) is -0.384. The molecule has 120 valence electrons. The summed E-state index contributed by atoms with van der Waals surface area (Å²) in [6.45, 7) is 1.96. The molecular weight excluding hydrogens is 323 g/mol. The molecule has 0 radical (unpaired) electrons. The lowest BCUT2D eigenvalue weighted by atomic mass is 10.0. The maximum atomic E-state index is 14.2. The number of aryl methyl sites for hydroxylation is 1. The van der Waals surface area contributed by atoms with Gasteiger partial charge < -0.3 is 10.6 Å². The fourth-order valence-corrected chi connectivity index (χ4v) is 3.69. The molecule has 0 aliphatic carbocycles. The SMILES string of the molecule is Cc1cccc2c1N[C@@H](c1ccc(F)c(-c3cccs3)c1)NC2=O. The number of thiophene rings is 1. The average molecular weight is 338 g/mol. The van der Waals surface area contributed by atoms with Crippen LogP contribution >= 0.6 is 11.3 Å². The number of benzene rings is 2. The minimum atomic E-state index is -0.384. The Kier molecular flexibility index (Phi) is 3.58. The zero-order valence-corrected chi connectivity index (χ0v) is 13.8. The smallest absolute Gasteiger partial charge is 0.255 e. The van der Waals surface area contributed by atoms with Gasteiger partial charge in [0.1, 0.15) is 12.0 Å². The van der Waals surface area contributed by atoms with Crippen LogP contribution < -0.4 is 10.6 Å². The van der Waals surface area contributed by atoms with Gasteiger partial charge in [-0.1, -0.05) is 24.3 Å². The van der Waals surface area contributed by atoms with Crippen molar-refractivity contribution >= 4 is 22.9 Å². The van der Waals surface area contributed by atoms with Gasteiger partial charge in [0.25, 0.3) is 5.91 Å². The maximum Gasteiger partial charge on any atom is 0.255 e. The molecular formula is C19H15FN2OS. The number of rotatable bonds is 2. The minimum Gasteiger partial charge on any atom is -0.361 e. The number of nitrogens with one attached hydrogen (secondary N) is 2. The quantitative estimate of drug-likeness (QED) is 0.710. The first-order chi connectivity index (χ1) is 11.6. The highest BCUT2D eigenvalue weighted by molar-refractivity contribution is 7.13. The lowest BCUT2D eigenvalue weighted by Crippen LogP contribution is -2.38. The van der Waals surface area contributed by atoms with E-state index in [0.29, 0.717) is 11.1 Å². The van der Waals surface area contributed by atoms with Crippen LogP contribution in [0.4, 0.5) is 10.1 Å². The third-order valence-electron chi connectivity index (χ3n) is 4.19. The van der Waals surface area contributed by atoms with Crippen LogP contribution in [0.2, 0.25) is 0 Å². The number of amides is 1. The number of carbonyl (C=O) groups excluding carboxylic acids is 1. The van der Waals surface area contributed by atoms with Crippen molar-refractivity contribution < 1.29 is 9.18 Å². The highest BCUT2D eigenvalue weighted by atomic mass is 32.1. The number of anilines is 1. The number of hydrogen-bond acceptors (Lipinski definition) is 3. The van der Waals surface area contributed by atoms with E-state index in [-0.39, 0.29) is 17.9 Å². The molecule has 4 rings (SSSR count). The van der Waals surface area contributed by atoms with E-state index in [2.05, 4.69) is 10.6 Å². The lowest BCUT2D eigenvalue weighted by molar-refractivity contribution is 0.0935. The summed E-state index contributed by atoms with van der Waals surface area (Å²) in [6, 6.07) is 14.3. The summed E-state index contributed by atoms with van der Waals surface area (Å²) in [5.41, 5.74) is 3.84. The Hall–Kier alpha value is -2.66. The molecule has 0 saturated heterocycles. The first kappa shape index (κ1) is 14.9. The van der Waals surface area contributed by atoms with E-state index in [1.54, 1.807) is 18.2 Å². The van der Waals surface area contributed by atoms with Gasteiger partial charge in [-0.05, 0) is 47.7 Å². The molecule has 0 spiro atoms. The van der Waals surface area contributed by atoms with Gasteiger partial charge in [0.15, 0.2) is 0 Å². The highest BCUT2D eigenvalue weighted by Crippen LogP contribution is 2.33. The van der Waals surface area contributed by atoms with Gasteiger partial charge in [0.05, 0.1) is 11.3 Å². The van der Waals surface area contributed by atoms with Gasteiger partial charge in [0.2, 0.25) is 0 Å². The number of halogens is 1. The van der Waals surface area contributed by atoms with Crippen LogP contribution in [0, 0.1) is 12.7 Å². The van der Waals surface area contributed by atoms with E-state index in [1.165, 1.54) is 17.4 Å². The zero-order chi connectivity index (χ0) is 16.7. The van der Waals surface area contributed by atoms with Crippen LogP contribution in [0.15, 0.2) is 53.9 Å². The molecule has 0 bridgehead atoms. The van der Waals surface area contributed by atoms with Gasteiger partial charge >= 0.3 is 0 Å². The van der Waals surface area contributed by atoms with Crippen molar-refractivity contribution in [3.05, 3.63) is 76.4 Å². The molecule has 3 aromatic rings. The van der Waals surface area contributed by atoms with E-state index in [4.69, 9.17) is 0 Å². The van der Waals surface area contributed by atoms with Crippen molar-refractivity contribution in [1.82, 2.24) is 5.32 Å². The molecule has 1 aliphatic heterocycles. The summed E-state index contributed by atoms with van der Waals surface area (Å²) in [4.78, 5) is 13.2. The Morgan fingerprint density at radius 3 is 2.71 bits per heavy atom. The van der Waals surface area contributed by atoms with Gasteiger partial charge in [-0.25, -0.2) is 4.39 Å². The summed E-state index contributed by atoms with van der Waals surface area (Å²) >= 11 is 1.49. The fraction of sp³-hybridized carbons (Fsp3) is 0.105. The molecule has 2 aromatic carbocycles. The second-order valence-corrected chi connectivity index (χ2v) is 6.71. The molecule has 1 amide bonds. The molecule has 2 heterocycles. The number of fused-ring (bicyclic) bond motifs is 1. The molecule has 1 aromatic heterocycles. The molecule has 1 atom stereocenters. The molecule has 0 fully saturated rings. The second-order valence-electron chi connectivity index (χ2n) is 5.76. The van der Waals surface area contributed by atoms with Gasteiger partial charge in [0, 0.05) is 10.4 Å². The predicted octanol–water partition coefficient (Wildman–Crippen LogP) is 4.72. The standard InChI is InChI=1S/C19H15FN2OS/c1-11-4-2-5-13-17(11)21-18(22-19(13)23)12-7-8-15(20)14(10-12)16-6-3-9-24-16/h2-10,18,21H,1H3,(H,22,23)/t18-/m1/s1. The van der Waals surface area contributed by atoms with Crippen LogP contribution in [0.25, 0.3) is 10.4 Å². The van der Waals surface area contributed by atoms with E-state index >= 15 is 0 Å². The summed E-state index contributed by atoms with van der Waals surface area (Å²) in [5, 5.41) is 8.21. The van der Waals surface area contributed by atoms with Crippen molar-refractivity contribution in [2.75, 3.05) is 5.32 Å². The number of para-hydroxylation sites is 1. The Balaban J connectivity index is 1.74. The minimum absolute atomic E-state index is 0.126. The Bertz CT molecular complexity index is 921. The summed E-state index contributed by atoms with van der Waals surface area (Å²) in [7, 11) is 0. The van der Waals surface area contributed by atoms with E-state index in [1.807, 2.05) is 36.6 Å². The molecule has 0 unspecified atom stereocenters. The normalized spacial score (nSPS) is 16.2. The monoisotopic (exact) mass is 338 g/mol. The molecule has 24 heavy (non-hydrogen) atoms. The summed E-state index contributed by atoms with van der Waals surface area (Å²) in [5.74, 6) is -0.389. The van der Waals surface area contributed by atoms with E-state index < -0.39 is 0 Å². The van der Waals surface area contributed by atoms with Crippen LogP contribution in [0.3, 0.4) is 0 Å². The zero-order valence-electron chi connectivity index (χ0n) is 13.0. The topological polar surface area (TPSA) is 41.1 Å². The second kappa shape index (κ2) is 5.76. The molecule has 5 heteroatoms. The Labute approximate surface area is 143 Å².